The number of unbranched alkanes of at least 4 members (excludes halogenated alkanes) is 4. The van der Waals surface area contributed by atoms with Gasteiger partial charge in [-0.1, -0.05) is 113 Å². The van der Waals surface area contributed by atoms with Crippen LogP contribution in [0.15, 0.2) is 78.9 Å². The van der Waals surface area contributed by atoms with Crippen LogP contribution in [0.2, 0.25) is 0 Å². The van der Waals surface area contributed by atoms with Crippen molar-refractivity contribution in [3.05, 3.63) is 101 Å². The summed E-state index contributed by atoms with van der Waals surface area (Å²) in [5.41, 5.74) is 2.93. The largest absolute Gasteiger partial charge is 0.482 e. The van der Waals surface area contributed by atoms with E-state index in [4.69, 9.17) is 9.47 Å². The second kappa shape index (κ2) is 18.2. The Hall–Kier alpha value is -3.47. The fourth-order valence-corrected chi connectivity index (χ4v) is 7.76. The van der Waals surface area contributed by atoms with E-state index in [9.17, 15) is 14.0 Å². The Morgan fingerprint density at radius 2 is 1.53 bits per heavy atom. The van der Waals surface area contributed by atoms with E-state index in [1.165, 1.54) is 63.4 Å². The van der Waals surface area contributed by atoms with Gasteiger partial charge >= 0.3 is 5.97 Å². The lowest BCUT2D eigenvalue weighted by Crippen LogP contribution is -2.36. The minimum atomic E-state index is -0.608. The van der Waals surface area contributed by atoms with Crippen molar-refractivity contribution in [2.45, 2.75) is 115 Å². The second-order valence-corrected chi connectivity index (χ2v) is 14.0. The van der Waals surface area contributed by atoms with Gasteiger partial charge in [-0.2, -0.15) is 0 Å². The summed E-state index contributed by atoms with van der Waals surface area (Å²) < 4.78 is 25.2. The number of hydrogen-bond acceptors (Lipinski definition) is 4. The highest BCUT2D eigenvalue weighted by Crippen LogP contribution is 2.38. The van der Waals surface area contributed by atoms with Crippen molar-refractivity contribution in [1.82, 2.24) is 0 Å². The first-order valence-electron chi connectivity index (χ1n) is 18.2. The summed E-state index contributed by atoms with van der Waals surface area (Å²) in [6.07, 6.45) is 16.1. The van der Waals surface area contributed by atoms with Gasteiger partial charge in [0, 0.05) is 12.3 Å². The molecule has 1 saturated carbocycles. The zero-order chi connectivity index (χ0) is 32.8. The van der Waals surface area contributed by atoms with E-state index in [0.717, 1.165) is 49.3 Å². The molecule has 0 saturated heterocycles. The topological polar surface area (TPSA) is 52.6 Å². The van der Waals surface area contributed by atoms with Gasteiger partial charge in [-0.25, -0.2) is 9.18 Å². The van der Waals surface area contributed by atoms with E-state index in [0.29, 0.717) is 23.8 Å². The molecule has 0 bridgehead atoms. The van der Waals surface area contributed by atoms with Gasteiger partial charge in [0.25, 0.3) is 0 Å². The maximum absolute atomic E-state index is 13.7. The minimum absolute atomic E-state index is 0.0329. The van der Waals surface area contributed by atoms with Crippen LogP contribution in [0.25, 0.3) is 0 Å². The highest BCUT2D eigenvalue weighted by Gasteiger charge is 2.31. The van der Waals surface area contributed by atoms with Crippen LogP contribution in [0.3, 0.4) is 0 Å². The van der Waals surface area contributed by atoms with Crippen molar-refractivity contribution in [1.29, 1.82) is 0 Å². The summed E-state index contributed by atoms with van der Waals surface area (Å²) in [6.45, 7) is 2.46. The fourth-order valence-electron chi connectivity index (χ4n) is 7.76. The fraction of sp³-hybridized carbons (Fsp3) is 0.524. The maximum atomic E-state index is 13.7. The molecule has 4 nitrogen and oxygen atoms in total. The van der Waals surface area contributed by atoms with Crippen LogP contribution in [-0.4, -0.2) is 24.5 Å². The number of ether oxygens (including phenoxy) is 2. The molecule has 5 heteroatoms. The second-order valence-electron chi connectivity index (χ2n) is 14.0. The average Bonchev–Trinajstić information content (AvgIpc) is 3.34. The molecule has 1 aliphatic carbocycles. The first-order valence-corrected chi connectivity index (χ1v) is 18.2. The predicted octanol–water partition coefficient (Wildman–Crippen LogP) is 10.7. The Morgan fingerprint density at radius 3 is 2.34 bits per heavy atom. The monoisotopic (exact) mass is 640 g/mol. The number of hydrogen-bond donors (Lipinski definition) is 0. The standard InChI is InChI=1S/C42H53FO4/c1-31(34-25-27-38(43)28-26-34)33-19-12-14-32(21-22-33)13-6-3-2-4-7-16-36-24-23-35-15-10-11-20-39(35)47-40(41(36)44)29-30-46-42(45)37-17-8-5-9-18-37/h5,8-11,15,17-18,20,25-28,31-33,36,40H,2-4,6-7,12-14,16,19,21-24,29-30H2,1H3. The summed E-state index contributed by atoms with van der Waals surface area (Å²) in [5.74, 6) is 2.38. The zero-order valence-electron chi connectivity index (χ0n) is 28.2. The van der Waals surface area contributed by atoms with Crippen LogP contribution in [0.1, 0.15) is 124 Å². The molecule has 2 aliphatic rings. The SMILES string of the molecule is CC(c1ccc(F)cc1)C1CCCC(CCCCCCCC2CCc3ccccc3OC(CCOC(=O)c3ccccc3)C2=O)CC1. The Bertz CT molecular complexity index is 1390. The number of carbonyl (C=O) groups is 2. The van der Waals surface area contributed by atoms with Gasteiger partial charge < -0.3 is 9.47 Å². The molecule has 5 atom stereocenters. The molecule has 5 unspecified atom stereocenters. The van der Waals surface area contributed by atoms with Crippen LogP contribution < -0.4 is 4.74 Å². The molecule has 3 aromatic rings. The number of rotatable bonds is 14. The first-order chi connectivity index (χ1) is 23.0. The van der Waals surface area contributed by atoms with Crippen LogP contribution in [-0.2, 0) is 16.0 Å². The molecule has 5 rings (SSSR count). The lowest BCUT2D eigenvalue weighted by Gasteiger charge is -2.27. The summed E-state index contributed by atoms with van der Waals surface area (Å²) in [4.78, 5) is 26.1. The molecule has 1 heterocycles. The molecule has 1 fully saturated rings. The molecular weight excluding hydrogens is 587 g/mol. The number of benzene rings is 3. The highest BCUT2D eigenvalue weighted by atomic mass is 19.1. The number of para-hydroxylation sites is 1. The lowest BCUT2D eigenvalue weighted by molar-refractivity contribution is -0.131. The van der Waals surface area contributed by atoms with Crippen LogP contribution in [0, 0.1) is 23.6 Å². The Morgan fingerprint density at radius 1 is 0.809 bits per heavy atom. The van der Waals surface area contributed by atoms with E-state index in [-0.39, 0.29) is 30.1 Å². The third kappa shape index (κ3) is 10.5. The Kier molecular flexibility index (Phi) is 13.5. The average molecular weight is 641 g/mol. The number of esters is 1. The quantitative estimate of drug-likeness (QED) is 0.0999. The molecule has 0 radical (unpaired) electrons. The third-order valence-corrected chi connectivity index (χ3v) is 10.7. The van der Waals surface area contributed by atoms with Crippen molar-refractivity contribution in [2.75, 3.05) is 6.61 Å². The zero-order valence-corrected chi connectivity index (χ0v) is 28.2. The van der Waals surface area contributed by atoms with Gasteiger partial charge in [0.05, 0.1) is 12.2 Å². The predicted molar refractivity (Wildman–Crippen MR) is 186 cm³/mol. The molecular formula is C42H53FO4. The lowest BCUT2D eigenvalue weighted by atomic mass is 9.82. The number of fused-ring (bicyclic) bond motifs is 1. The number of halogens is 1. The van der Waals surface area contributed by atoms with Crippen LogP contribution >= 0.6 is 0 Å². The van der Waals surface area contributed by atoms with E-state index < -0.39 is 6.10 Å². The number of carbonyl (C=O) groups excluding carboxylic acids is 2. The molecule has 3 aromatic carbocycles. The van der Waals surface area contributed by atoms with Gasteiger partial charge in [-0.15, -0.1) is 0 Å². The molecule has 0 amide bonds. The molecule has 1 aliphatic heterocycles. The molecule has 0 spiro atoms. The van der Waals surface area contributed by atoms with Gasteiger partial charge in [0.15, 0.2) is 11.9 Å². The third-order valence-electron chi connectivity index (χ3n) is 10.7. The van der Waals surface area contributed by atoms with Gasteiger partial charge in [0.2, 0.25) is 0 Å². The summed E-state index contributed by atoms with van der Waals surface area (Å²) in [5, 5.41) is 0. The van der Waals surface area contributed by atoms with Crippen molar-refractivity contribution in [3.8, 4) is 5.75 Å². The highest BCUT2D eigenvalue weighted by molar-refractivity contribution is 5.89. The Balaban J connectivity index is 1.02. The summed E-state index contributed by atoms with van der Waals surface area (Å²) in [7, 11) is 0. The van der Waals surface area contributed by atoms with E-state index in [1.807, 2.05) is 48.5 Å². The Labute approximate surface area is 281 Å². The van der Waals surface area contributed by atoms with Gasteiger partial charge in [0.1, 0.15) is 11.6 Å². The summed E-state index contributed by atoms with van der Waals surface area (Å²) >= 11 is 0. The summed E-state index contributed by atoms with van der Waals surface area (Å²) in [6, 6.07) is 24.1. The minimum Gasteiger partial charge on any atom is -0.482 e. The smallest absolute Gasteiger partial charge is 0.338 e. The first kappa shape index (κ1) is 34.9. The number of aryl methyl sites for hydroxylation is 1. The molecule has 0 aromatic heterocycles. The van der Waals surface area contributed by atoms with Crippen molar-refractivity contribution in [2.24, 2.45) is 17.8 Å². The van der Waals surface area contributed by atoms with Crippen molar-refractivity contribution >= 4 is 11.8 Å². The van der Waals surface area contributed by atoms with Gasteiger partial charge in [-0.05, 0) is 91.3 Å². The van der Waals surface area contributed by atoms with Crippen molar-refractivity contribution in [3.63, 3.8) is 0 Å². The van der Waals surface area contributed by atoms with Gasteiger partial charge in [-0.3, -0.25) is 4.79 Å². The van der Waals surface area contributed by atoms with E-state index in [2.05, 4.69) is 13.0 Å². The number of ketones is 1. The van der Waals surface area contributed by atoms with E-state index >= 15 is 0 Å². The molecule has 252 valence electrons. The molecule has 0 N–H and O–H groups in total. The number of Topliss-reactive ketones (excluding diaryl/α,β-unsaturated/α-hetero) is 1. The van der Waals surface area contributed by atoms with Crippen molar-refractivity contribution < 1.29 is 23.5 Å². The molecule has 47 heavy (non-hydrogen) atoms. The normalized spacial score (nSPS) is 22.2. The van der Waals surface area contributed by atoms with Crippen LogP contribution in [0.5, 0.6) is 5.75 Å². The van der Waals surface area contributed by atoms with Crippen LogP contribution in [0.4, 0.5) is 4.39 Å². The maximum Gasteiger partial charge on any atom is 0.338 e. The van der Waals surface area contributed by atoms with E-state index in [1.54, 1.807) is 24.3 Å².